The van der Waals surface area contributed by atoms with E-state index >= 15 is 0 Å². The molecule has 0 bridgehead atoms. The Morgan fingerprint density at radius 3 is 2.42 bits per heavy atom. The Bertz CT molecular complexity index is 278. The number of rotatable bonds is 3. The second-order valence-corrected chi connectivity index (χ2v) is 7.13. The Kier molecular flexibility index (Phi) is 5.30. The maximum Gasteiger partial charge on any atom is 0.0126 e. The molecule has 0 amide bonds. The van der Waals surface area contributed by atoms with Gasteiger partial charge in [0.2, 0.25) is 0 Å². The molecule has 0 aromatic heterocycles. The minimum absolute atomic E-state index is 0.729. The highest BCUT2D eigenvalue weighted by Gasteiger charge is 2.39. The summed E-state index contributed by atoms with van der Waals surface area (Å²) in [7, 11) is 0. The molecular weight excluding hydrogens is 232 g/mol. The summed E-state index contributed by atoms with van der Waals surface area (Å²) in [6, 6.07) is 2.30. The van der Waals surface area contributed by atoms with Crippen molar-refractivity contribution in [2.45, 2.75) is 78.4 Å². The minimum Gasteiger partial charge on any atom is -0.314 e. The molecule has 1 aliphatic heterocycles. The first-order chi connectivity index (χ1) is 9.06. The van der Waals surface area contributed by atoms with Gasteiger partial charge in [-0.1, -0.05) is 40.5 Å². The van der Waals surface area contributed by atoms with Crippen molar-refractivity contribution in [3.63, 3.8) is 0 Å². The zero-order chi connectivity index (χ0) is 14.0. The van der Waals surface area contributed by atoms with Crippen LogP contribution in [0.3, 0.4) is 0 Å². The van der Waals surface area contributed by atoms with E-state index in [0.29, 0.717) is 0 Å². The standard InChI is InChI=1S/C17H34N2/c1-6-18-16-10-11-19(15(5)14(16)4)17-9-7-8-12(2)13(17)3/h12-18H,6-11H2,1-5H3. The monoisotopic (exact) mass is 266 g/mol. The van der Waals surface area contributed by atoms with Gasteiger partial charge >= 0.3 is 0 Å². The zero-order valence-electron chi connectivity index (χ0n) is 13.7. The SMILES string of the molecule is CCNC1CCN(C2CCCC(C)C2C)C(C)C1C. The molecule has 1 saturated heterocycles. The topological polar surface area (TPSA) is 15.3 Å². The fourth-order valence-corrected chi connectivity index (χ4v) is 4.43. The summed E-state index contributed by atoms with van der Waals surface area (Å²) in [6.45, 7) is 14.5. The molecule has 2 heteroatoms. The van der Waals surface area contributed by atoms with E-state index in [0.717, 1.165) is 42.4 Å². The number of nitrogens with one attached hydrogen (secondary N) is 1. The van der Waals surface area contributed by atoms with Crippen molar-refractivity contribution < 1.29 is 0 Å². The molecule has 2 rings (SSSR count). The molecule has 6 unspecified atom stereocenters. The molecule has 19 heavy (non-hydrogen) atoms. The van der Waals surface area contributed by atoms with E-state index in [1.165, 1.54) is 32.2 Å². The van der Waals surface area contributed by atoms with Crippen molar-refractivity contribution in [2.24, 2.45) is 17.8 Å². The van der Waals surface area contributed by atoms with Gasteiger partial charge in [0.05, 0.1) is 0 Å². The van der Waals surface area contributed by atoms with Gasteiger partial charge in [-0.2, -0.15) is 0 Å². The highest BCUT2D eigenvalue weighted by Crippen LogP contribution is 2.36. The lowest BCUT2D eigenvalue weighted by atomic mass is 9.75. The molecule has 2 aliphatic rings. The van der Waals surface area contributed by atoms with Crippen molar-refractivity contribution >= 4 is 0 Å². The molecule has 1 aliphatic carbocycles. The second-order valence-electron chi connectivity index (χ2n) is 7.13. The Hall–Kier alpha value is -0.0800. The van der Waals surface area contributed by atoms with Crippen LogP contribution >= 0.6 is 0 Å². The van der Waals surface area contributed by atoms with E-state index in [1.54, 1.807) is 0 Å². The first-order valence-electron chi connectivity index (χ1n) is 8.55. The van der Waals surface area contributed by atoms with Gasteiger partial charge in [0.1, 0.15) is 0 Å². The molecule has 0 aromatic carbocycles. The highest BCUT2D eigenvalue weighted by molar-refractivity contribution is 4.94. The zero-order valence-corrected chi connectivity index (χ0v) is 13.7. The molecule has 1 N–H and O–H groups in total. The predicted molar refractivity (Wildman–Crippen MR) is 83.4 cm³/mol. The van der Waals surface area contributed by atoms with Crippen LogP contribution in [0.1, 0.15) is 60.3 Å². The van der Waals surface area contributed by atoms with Gasteiger partial charge in [-0.15, -0.1) is 0 Å². The molecule has 2 nitrogen and oxygen atoms in total. The molecule has 1 heterocycles. The number of likely N-dealkylation sites (tertiary alicyclic amines) is 1. The van der Waals surface area contributed by atoms with Gasteiger partial charge < -0.3 is 5.32 Å². The molecule has 0 spiro atoms. The lowest BCUT2D eigenvalue weighted by Crippen LogP contribution is -2.58. The van der Waals surface area contributed by atoms with Crippen molar-refractivity contribution in [2.75, 3.05) is 13.1 Å². The third-order valence-electron chi connectivity index (χ3n) is 6.17. The van der Waals surface area contributed by atoms with Gasteiger partial charge in [-0.05, 0) is 44.1 Å². The summed E-state index contributed by atoms with van der Waals surface area (Å²) in [5.74, 6) is 2.56. The Morgan fingerprint density at radius 1 is 1.00 bits per heavy atom. The summed E-state index contributed by atoms with van der Waals surface area (Å²) >= 11 is 0. The number of hydrogen-bond donors (Lipinski definition) is 1. The van der Waals surface area contributed by atoms with Crippen LogP contribution in [0, 0.1) is 17.8 Å². The first-order valence-corrected chi connectivity index (χ1v) is 8.55. The van der Waals surface area contributed by atoms with Crippen LogP contribution in [0.2, 0.25) is 0 Å². The highest BCUT2D eigenvalue weighted by atomic mass is 15.2. The lowest BCUT2D eigenvalue weighted by molar-refractivity contribution is -0.00208. The molecule has 0 radical (unpaired) electrons. The summed E-state index contributed by atoms with van der Waals surface area (Å²) in [5, 5.41) is 3.68. The largest absolute Gasteiger partial charge is 0.314 e. The van der Waals surface area contributed by atoms with Crippen molar-refractivity contribution in [3.05, 3.63) is 0 Å². The van der Waals surface area contributed by atoms with Crippen molar-refractivity contribution in [1.82, 2.24) is 10.2 Å². The maximum atomic E-state index is 3.68. The molecule has 1 saturated carbocycles. The quantitative estimate of drug-likeness (QED) is 0.841. The van der Waals surface area contributed by atoms with Crippen LogP contribution in [0.25, 0.3) is 0 Å². The molecular formula is C17H34N2. The van der Waals surface area contributed by atoms with E-state index < -0.39 is 0 Å². The Labute approximate surface area is 120 Å². The molecule has 2 fully saturated rings. The number of hydrogen-bond acceptors (Lipinski definition) is 2. The van der Waals surface area contributed by atoms with Crippen LogP contribution < -0.4 is 5.32 Å². The van der Waals surface area contributed by atoms with Crippen molar-refractivity contribution in [3.8, 4) is 0 Å². The fourth-order valence-electron chi connectivity index (χ4n) is 4.43. The Balaban J connectivity index is 2.01. The first kappa shape index (κ1) is 15.3. The van der Waals surface area contributed by atoms with Gasteiger partial charge in [-0.25, -0.2) is 0 Å². The van der Waals surface area contributed by atoms with E-state index in [1.807, 2.05) is 0 Å². The van der Waals surface area contributed by atoms with Crippen LogP contribution in [0.15, 0.2) is 0 Å². The average Bonchev–Trinajstić information content (AvgIpc) is 2.39. The van der Waals surface area contributed by atoms with Gasteiger partial charge in [-0.3, -0.25) is 4.90 Å². The van der Waals surface area contributed by atoms with Crippen LogP contribution in [0.4, 0.5) is 0 Å². The molecule has 112 valence electrons. The predicted octanol–water partition coefficient (Wildman–Crippen LogP) is 3.52. The third-order valence-corrected chi connectivity index (χ3v) is 6.17. The van der Waals surface area contributed by atoms with Gasteiger partial charge in [0.25, 0.3) is 0 Å². The second kappa shape index (κ2) is 6.58. The van der Waals surface area contributed by atoms with E-state index in [2.05, 4.69) is 44.8 Å². The maximum absolute atomic E-state index is 3.68. The Morgan fingerprint density at radius 2 is 1.74 bits per heavy atom. The number of piperidine rings is 1. The van der Waals surface area contributed by atoms with E-state index in [-0.39, 0.29) is 0 Å². The summed E-state index contributed by atoms with van der Waals surface area (Å²) in [6.07, 6.45) is 5.63. The lowest BCUT2D eigenvalue weighted by Gasteiger charge is -2.50. The fraction of sp³-hybridized carbons (Fsp3) is 1.00. The summed E-state index contributed by atoms with van der Waals surface area (Å²) in [4.78, 5) is 2.85. The van der Waals surface area contributed by atoms with Crippen molar-refractivity contribution in [1.29, 1.82) is 0 Å². The minimum atomic E-state index is 0.729. The third kappa shape index (κ3) is 3.16. The summed E-state index contributed by atoms with van der Waals surface area (Å²) in [5.41, 5.74) is 0. The van der Waals surface area contributed by atoms with Crippen LogP contribution in [-0.4, -0.2) is 36.1 Å². The summed E-state index contributed by atoms with van der Waals surface area (Å²) < 4.78 is 0. The number of nitrogens with zero attached hydrogens (tertiary/aromatic N) is 1. The van der Waals surface area contributed by atoms with E-state index in [4.69, 9.17) is 0 Å². The van der Waals surface area contributed by atoms with Gasteiger partial charge in [0, 0.05) is 24.7 Å². The normalized spacial score (nSPS) is 45.3. The smallest absolute Gasteiger partial charge is 0.0126 e. The van der Waals surface area contributed by atoms with Gasteiger partial charge in [0.15, 0.2) is 0 Å². The van der Waals surface area contributed by atoms with Crippen LogP contribution in [0.5, 0.6) is 0 Å². The molecule has 6 atom stereocenters. The average molecular weight is 266 g/mol. The molecule has 0 aromatic rings. The van der Waals surface area contributed by atoms with Crippen LogP contribution in [-0.2, 0) is 0 Å². The van der Waals surface area contributed by atoms with E-state index in [9.17, 15) is 0 Å².